The molecule has 4 unspecified atom stereocenters. The summed E-state index contributed by atoms with van der Waals surface area (Å²) in [6.45, 7) is 57.3. The Hall–Kier alpha value is -6.87. The van der Waals surface area contributed by atoms with Crippen molar-refractivity contribution in [2.45, 2.75) is 262 Å². The van der Waals surface area contributed by atoms with Gasteiger partial charge < -0.3 is 29.5 Å². The summed E-state index contributed by atoms with van der Waals surface area (Å²) in [4.78, 5) is 43.4. The predicted octanol–water partition coefficient (Wildman–Crippen LogP) is 19.9. The third-order valence-electron chi connectivity index (χ3n) is 18.0. The van der Waals surface area contributed by atoms with Crippen LogP contribution < -0.4 is 14.2 Å². The van der Waals surface area contributed by atoms with Crippen molar-refractivity contribution in [2.24, 2.45) is 0 Å². The second-order valence-corrected chi connectivity index (χ2v) is 31.9. The van der Waals surface area contributed by atoms with Gasteiger partial charge in [0.25, 0.3) is 0 Å². The fourth-order valence-corrected chi connectivity index (χ4v) is 12.2. The van der Waals surface area contributed by atoms with Crippen LogP contribution in [0, 0.1) is 41.5 Å². The van der Waals surface area contributed by atoms with Crippen molar-refractivity contribution in [2.75, 3.05) is 0 Å². The van der Waals surface area contributed by atoms with Crippen LogP contribution in [0.2, 0.25) is 0 Å². The number of ether oxygens (including phenoxy) is 3. The maximum Gasteiger partial charge on any atom is 0.318 e. The number of carbonyl (C=O) groups excluding carboxylic acids is 3. The van der Waals surface area contributed by atoms with Crippen molar-refractivity contribution in [3.8, 4) is 34.5 Å². The molecule has 0 aliphatic rings. The average molecular weight is 1200 g/mol. The fourth-order valence-electron chi connectivity index (χ4n) is 12.2. The van der Waals surface area contributed by atoms with Gasteiger partial charge in [0.05, 0.1) is 17.8 Å². The molecule has 9 heteroatoms. The normalized spacial score (nSPS) is 14.5. The highest BCUT2D eigenvalue weighted by Gasteiger charge is 2.35. The number of phenolic OH excluding ortho intramolecular Hbond substituents is 3. The lowest BCUT2D eigenvalue weighted by atomic mass is 9.73. The Morgan fingerprint density at radius 3 is 0.795 bits per heavy atom. The summed E-state index contributed by atoms with van der Waals surface area (Å²) in [5.41, 5.74) is 13.1. The molecule has 0 aliphatic heterocycles. The standard InChI is InChI=1S/C79H106O9/c1-42(55-39-59(74(11,12)13)65(33-43(55)2)86-71(83)49(8)52-29-46(5)68(80)62(36-52)77(20,21)22)32-58(56-40-60(75(14,15)16)66(34-44(56)3)87-72(84)50(9)53-30-47(6)69(81)63(37-53)78(23,24)25)57-41-61(76(17,18)19)67(35-45(57)4)88-73(85)51(10)54-31-48(7)70(82)64(38-54)79(26,27)28/h29-31,33-42,49-51,58,80-82H,32H2,1-28H3. The molecule has 9 nitrogen and oxygen atoms in total. The molecule has 0 heterocycles. The van der Waals surface area contributed by atoms with E-state index in [0.717, 1.165) is 83.5 Å². The Balaban J connectivity index is 1.51. The van der Waals surface area contributed by atoms with Crippen LogP contribution in [0.3, 0.4) is 0 Å². The van der Waals surface area contributed by atoms with E-state index in [1.165, 1.54) is 0 Å². The lowest BCUT2D eigenvalue weighted by Gasteiger charge is -2.32. The SMILES string of the molecule is Cc1cc(OC(=O)C(C)c2cc(C)c(O)c(C(C)(C)C)c2)c(C(C)(C)C)cc1C(C)CC(c1cc(C(C)(C)C)c(OC(=O)C(C)c2cc(C)c(O)c(C(C)(C)C)c2)cc1C)c1cc(C(C)(C)C)c(OC(=O)C(C)c2cc(C)c(O)c(C(C)(C)C)c2)cc1C. The van der Waals surface area contributed by atoms with Gasteiger partial charge in [-0.1, -0.05) is 186 Å². The lowest BCUT2D eigenvalue weighted by molar-refractivity contribution is -0.136. The van der Waals surface area contributed by atoms with E-state index in [1.807, 2.05) is 158 Å². The van der Waals surface area contributed by atoms with E-state index < -0.39 is 45.9 Å². The molecule has 0 aromatic heterocycles. The first-order valence-electron chi connectivity index (χ1n) is 31.7. The zero-order valence-electron chi connectivity index (χ0n) is 58.8. The largest absolute Gasteiger partial charge is 0.507 e. The van der Waals surface area contributed by atoms with Gasteiger partial charge in [-0.15, -0.1) is 0 Å². The van der Waals surface area contributed by atoms with Crippen LogP contribution in [0.1, 0.15) is 288 Å². The molecular weight excluding hydrogens is 1090 g/mol. The number of hydrogen-bond donors (Lipinski definition) is 3. The van der Waals surface area contributed by atoms with Gasteiger partial charge in [0.2, 0.25) is 0 Å². The molecule has 476 valence electrons. The van der Waals surface area contributed by atoms with Crippen LogP contribution in [-0.2, 0) is 46.9 Å². The molecule has 6 aromatic rings. The van der Waals surface area contributed by atoms with E-state index in [9.17, 15) is 29.7 Å². The van der Waals surface area contributed by atoms with Crippen LogP contribution in [0.25, 0.3) is 0 Å². The van der Waals surface area contributed by atoms with Crippen molar-refractivity contribution in [1.29, 1.82) is 0 Å². The van der Waals surface area contributed by atoms with Crippen LogP contribution in [0.5, 0.6) is 34.5 Å². The number of carbonyl (C=O) groups is 3. The summed E-state index contributed by atoms with van der Waals surface area (Å²) in [5, 5.41) is 33.2. The number of aromatic hydroxyl groups is 3. The molecule has 3 N–H and O–H groups in total. The summed E-state index contributed by atoms with van der Waals surface area (Å²) in [7, 11) is 0. The number of esters is 3. The molecule has 0 saturated carbocycles. The van der Waals surface area contributed by atoms with E-state index in [1.54, 1.807) is 0 Å². The molecular formula is C79H106O9. The van der Waals surface area contributed by atoms with Crippen molar-refractivity contribution < 1.29 is 43.9 Å². The van der Waals surface area contributed by atoms with Crippen molar-refractivity contribution >= 4 is 17.9 Å². The first kappa shape index (κ1) is 70.2. The summed E-state index contributed by atoms with van der Waals surface area (Å²) in [5.74, 6) is -1.14. The van der Waals surface area contributed by atoms with E-state index in [0.29, 0.717) is 40.4 Å². The second kappa shape index (κ2) is 25.2. The Morgan fingerprint density at radius 1 is 0.330 bits per heavy atom. The van der Waals surface area contributed by atoms with Crippen LogP contribution in [0.15, 0.2) is 72.8 Å². The van der Waals surface area contributed by atoms with E-state index in [4.69, 9.17) is 14.2 Å². The average Bonchev–Trinajstić information content (AvgIpc) is 0.975. The van der Waals surface area contributed by atoms with Gasteiger partial charge >= 0.3 is 17.9 Å². The molecule has 0 amide bonds. The van der Waals surface area contributed by atoms with Crippen molar-refractivity contribution in [3.63, 3.8) is 0 Å². The maximum absolute atomic E-state index is 14.5. The third-order valence-corrected chi connectivity index (χ3v) is 18.0. The lowest BCUT2D eigenvalue weighted by Crippen LogP contribution is -2.23. The molecule has 0 radical (unpaired) electrons. The van der Waals surface area contributed by atoms with E-state index in [-0.39, 0.29) is 51.3 Å². The summed E-state index contributed by atoms with van der Waals surface area (Å²) < 4.78 is 19.5. The first-order valence-corrected chi connectivity index (χ1v) is 31.7. The van der Waals surface area contributed by atoms with Gasteiger partial charge in [0.15, 0.2) is 0 Å². The van der Waals surface area contributed by atoms with Gasteiger partial charge in [-0.3, -0.25) is 14.4 Å². The van der Waals surface area contributed by atoms with Crippen LogP contribution in [-0.4, -0.2) is 33.2 Å². The highest BCUT2D eigenvalue weighted by Crippen LogP contribution is 2.48. The highest BCUT2D eigenvalue weighted by molar-refractivity contribution is 5.83. The van der Waals surface area contributed by atoms with Gasteiger partial charge in [-0.25, -0.2) is 0 Å². The molecule has 0 aliphatic carbocycles. The highest BCUT2D eigenvalue weighted by atomic mass is 16.5. The number of hydrogen-bond acceptors (Lipinski definition) is 9. The Bertz CT molecular complexity index is 3480. The number of phenols is 3. The minimum Gasteiger partial charge on any atom is -0.507 e. The molecule has 6 aromatic carbocycles. The predicted molar refractivity (Wildman–Crippen MR) is 361 cm³/mol. The third kappa shape index (κ3) is 15.4. The second-order valence-electron chi connectivity index (χ2n) is 31.9. The van der Waals surface area contributed by atoms with Crippen molar-refractivity contribution in [1.82, 2.24) is 0 Å². The molecule has 0 bridgehead atoms. The van der Waals surface area contributed by atoms with Crippen molar-refractivity contribution in [3.05, 3.63) is 173 Å². The van der Waals surface area contributed by atoms with Gasteiger partial charge in [-0.05, 0) is 209 Å². The topological polar surface area (TPSA) is 140 Å². The molecule has 6 rings (SSSR count). The number of rotatable bonds is 14. The monoisotopic (exact) mass is 1200 g/mol. The van der Waals surface area contributed by atoms with E-state index in [2.05, 4.69) is 108 Å². The Kier molecular flexibility index (Phi) is 20.1. The number of benzene rings is 6. The number of aryl methyl sites for hydroxylation is 6. The van der Waals surface area contributed by atoms with Gasteiger partial charge in [0.1, 0.15) is 34.5 Å². The molecule has 0 fully saturated rings. The Morgan fingerprint density at radius 2 is 0.557 bits per heavy atom. The summed E-state index contributed by atoms with van der Waals surface area (Å²) in [6.07, 6.45) is 0.644. The van der Waals surface area contributed by atoms with Gasteiger partial charge in [0, 0.05) is 22.6 Å². The molecule has 0 spiro atoms. The Labute approximate surface area is 529 Å². The zero-order chi connectivity index (χ0) is 66.8. The first-order chi connectivity index (χ1) is 40.0. The molecule has 4 atom stereocenters. The smallest absolute Gasteiger partial charge is 0.318 e. The maximum atomic E-state index is 14.5. The minimum atomic E-state index is -0.633. The van der Waals surface area contributed by atoms with E-state index >= 15 is 0 Å². The van der Waals surface area contributed by atoms with Gasteiger partial charge in [-0.2, -0.15) is 0 Å². The fraction of sp³-hybridized carbons (Fsp3) is 0.506. The summed E-state index contributed by atoms with van der Waals surface area (Å²) >= 11 is 0. The zero-order valence-corrected chi connectivity index (χ0v) is 58.8. The van der Waals surface area contributed by atoms with Crippen LogP contribution >= 0.6 is 0 Å². The van der Waals surface area contributed by atoms with Crippen LogP contribution in [0.4, 0.5) is 0 Å². The minimum absolute atomic E-state index is 0.0595. The molecule has 0 saturated heterocycles. The quantitative estimate of drug-likeness (QED) is 0.0718. The summed E-state index contributed by atoms with van der Waals surface area (Å²) in [6, 6.07) is 24.1. The molecule has 88 heavy (non-hydrogen) atoms.